The van der Waals surface area contributed by atoms with Crippen molar-refractivity contribution in [3.63, 3.8) is 0 Å². The van der Waals surface area contributed by atoms with Crippen molar-refractivity contribution in [3.05, 3.63) is 124 Å². The first kappa shape index (κ1) is 33.9. The predicted octanol–water partition coefficient (Wildman–Crippen LogP) is 2.88. The van der Waals surface area contributed by atoms with Crippen LogP contribution in [0.15, 0.2) is 94.9 Å². The molecule has 248 valence electrons. The van der Waals surface area contributed by atoms with Gasteiger partial charge in [0.25, 0.3) is 11.5 Å². The Labute approximate surface area is 282 Å². The van der Waals surface area contributed by atoms with Crippen LogP contribution in [0.2, 0.25) is 0 Å². The average molecular weight is 677 g/mol. The number of anilines is 1. The van der Waals surface area contributed by atoms with Gasteiger partial charge < -0.3 is 11.1 Å². The predicted molar refractivity (Wildman–Crippen MR) is 188 cm³/mol. The number of aryl methyl sites for hydroxylation is 1. The number of rotatable bonds is 9. The lowest BCUT2D eigenvalue weighted by atomic mass is 10.1. The first-order valence-electron chi connectivity index (χ1n) is 14.7. The number of hydrogen-bond acceptors (Lipinski definition) is 10. The van der Waals surface area contributed by atoms with Crippen LogP contribution in [0.4, 0.5) is 5.82 Å². The summed E-state index contributed by atoms with van der Waals surface area (Å²) in [6, 6.07) is 13.4. The van der Waals surface area contributed by atoms with E-state index in [-0.39, 0.29) is 34.3 Å². The van der Waals surface area contributed by atoms with E-state index in [2.05, 4.69) is 48.7 Å². The Morgan fingerprint density at radius 3 is 2.53 bits per heavy atom. The zero-order valence-corrected chi connectivity index (χ0v) is 27.9. The van der Waals surface area contributed by atoms with Gasteiger partial charge in [0, 0.05) is 18.8 Å². The molecule has 1 atom stereocenters. The third kappa shape index (κ3) is 7.95. The Hall–Kier alpha value is -6.40. The first-order chi connectivity index (χ1) is 23.3. The van der Waals surface area contributed by atoms with Gasteiger partial charge in [-0.2, -0.15) is 5.10 Å². The van der Waals surface area contributed by atoms with Crippen molar-refractivity contribution in [2.45, 2.75) is 19.9 Å². The lowest BCUT2D eigenvalue weighted by molar-refractivity contribution is 0.0933. The SMILES string of the molecule is C=N/C=C(\C=C(/C)c1cnc(N)c(C(=O)N[C@@H](C)c2nc3cccc(C#Cc4cnn(C)c4)c3c(=O)n2-c2ccccc2)n1)NS(C)(=O)=O. The number of allylic oxidation sites excluding steroid dienone is 2. The second-order valence-corrected chi connectivity index (χ2v) is 12.7. The molecule has 49 heavy (non-hydrogen) atoms. The average Bonchev–Trinajstić information content (AvgIpc) is 3.48. The van der Waals surface area contributed by atoms with Crippen LogP contribution in [0.3, 0.4) is 0 Å². The van der Waals surface area contributed by atoms with Gasteiger partial charge in [0.15, 0.2) is 11.5 Å². The van der Waals surface area contributed by atoms with Crippen molar-refractivity contribution in [3.8, 4) is 17.5 Å². The van der Waals surface area contributed by atoms with Gasteiger partial charge in [-0.3, -0.25) is 28.6 Å². The lowest BCUT2D eigenvalue weighted by Crippen LogP contribution is -2.34. The zero-order valence-electron chi connectivity index (χ0n) is 27.0. The maximum absolute atomic E-state index is 14.3. The van der Waals surface area contributed by atoms with Crippen LogP contribution in [0, 0.1) is 11.8 Å². The first-order valence-corrected chi connectivity index (χ1v) is 16.6. The maximum Gasteiger partial charge on any atom is 0.274 e. The van der Waals surface area contributed by atoms with E-state index in [1.54, 1.807) is 80.4 Å². The number of para-hydroxylation sites is 1. The number of aliphatic imine (C=N–C) groups is 1. The monoisotopic (exact) mass is 676 g/mol. The van der Waals surface area contributed by atoms with E-state index in [1.807, 2.05) is 6.07 Å². The molecule has 0 saturated carbocycles. The van der Waals surface area contributed by atoms with Gasteiger partial charge in [-0.1, -0.05) is 36.1 Å². The molecular formula is C34H32N10O4S. The van der Waals surface area contributed by atoms with Gasteiger partial charge in [0.2, 0.25) is 10.0 Å². The fourth-order valence-electron chi connectivity index (χ4n) is 4.89. The molecule has 15 heteroatoms. The molecule has 2 aromatic carbocycles. The summed E-state index contributed by atoms with van der Waals surface area (Å²) in [5.41, 5.74) is 8.48. The van der Waals surface area contributed by atoms with Crippen LogP contribution in [0.1, 0.15) is 53.0 Å². The van der Waals surface area contributed by atoms with E-state index < -0.39 is 22.0 Å². The number of nitrogen functional groups attached to an aromatic ring is 1. The standard InChI is InChI=1S/C34H32N10O4S/c1-21(16-25(18-36-3)42-49(5,47)48)28-19-37-31(35)30(40-28)33(45)39-22(2)32-41-27-13-9-10-24(15-14-23-17-38-43(4)20-23)29(27)34(46)44(32)26-11-7-6-8-12-26/h6-13,16-20,22,42H,3H2,1-2,4-5H3,(H2,35,37)(H,39,45)/b21-16+,25-18+/t22-/m0/s1. The fourth-order valence-corrected chi connectivity index (χ4v) is 5.43. The van der Waals surface area contributed by atoms with E-state index in [4.69, 9.17) is 10.7 Å². The fraction of sp³-hybridized carbons (Fsp3) is 0.147. The number of hydrogen-bond donors (Lipinski definition) is 3. The highest BCUT2D eigenvalue weighted by molar-refractivity contribution is 7.88. The minimum Gasteiger partial charge on any atom is -0.382 e. The van der Waals surface area contributed by atoms with Crippen molar-refractivity contribution in [2.75, 3.05) is 12.0 Å². The number of amides is 1. The van der Waals surface area contributed by atoms with E-state index in [0.717, 1.165) is 6.26 Å². The third-order valence-corrected chi connectivity index (χ3v) is 7.65. The minimum absolute atomic E-state index is 0.126. The van der Waals surface area contributed by atoms with E-state index in [0.29, 0.717) is 33.3 Å². The van der Waals surface area contributed by atoms with Crippen LogP contribution >= 0.6 is 0 Å². The molecule has 0 fully saturated rings. The normalized spacial score (nSPS) is 12.6. The third-order valence-electron chi connectivity index (χ3n) is 7.04. The van der Waals surface area contributed by atoms with E-state index >= 15 is 0 Å². The van der Waals surface area contributed by atoms with Crippen molar-refractivity contribution in [1.29, 1.82) is 0 Å². The van der Waals surface area contributed by atoms with Gasteiger partial charge >= 0.3 is 0 Å². The summed E-state index contributed by atoms with van der Waals surface area (Å²) in [6.45, 7) is 6.70. The highest BCUT2D eigenvalue weighted by atomic mass is 32.2. The van der Waals surface area contributed by atoms with Crippen LogP contribution in [0.5, 0.6) is 0 Å². The number of nitrogens with zero attached hydrogens (tertiary/aromatic N) is 7. The summed E-state index contributed by atoms with van der Waals surface area (Å²) in [5.74, 6) is 5.58. The Balaban J connectivity index is 1.54. The Kier molecular flexibility index (Phi) is 9.81. The minimum atomic E-state index is -3.61. The van der Waals surface area contributed by atoms with Gasteiger partial charge in [-0.15, -0.1) is 0 Å². The van der Waals surface area contributed by atoms with Gasteiger partial charge in [-0.25, -0.2) is 23.4 Å². The molecule has 0 spiro atoms. The smallest absolute Gasteiger partial charge is 0.274 e. The quantitative estimate of drug-likeness (QED) is 0.120. The molecule has 5 aromatic rings. The lowest BCUT2D eigenvalue weighted by Gasteiger charge is -2.20. The number of fused-ring (bicyclic) bond motifs is 1. The second kappa shape index (κ2) is 14.2. The zero-order chi connectivity index (χ0) is 35.3. The summed E-state index contributed by atoms with van der Waals surface area (Å²) in [5, 5.41) is 7.31. The van der Waals surface area contributed by atoms with Gasteiger partial charge in [0.05, 0.1) is 64.4 Å². The summed E-state index contributed by atoms with van der Waals surface area (Å²) in [7, 11) is -1.82. The Bertz CT molecular complexity index is 2380. The van der Waals surface area contributed by atoms with Crippen LogP contribution in [-0.2, 0) is 17.1 Å². The molecule has 0 saturated heterocycles. The van der Waals surface area contributed by atoms with Crippen molar-refractivity contribution >= 4 is 44.9 Å². The van der Waals surface area contributed by atoms with Crippen molar-refractivity contribution in [2.24, 2.45) is 12.0 Å². The number of sulfonamides is 1. The topological polar surface area (TPSA) is 192 Å². The molecule has 14 nitrogen and oxygen atoms in total. The molecule has 0 aliphatic carbocycles. The van der Waals surface area contributed by atoms with Crippen LogP contribution in [-0.4, -0.2) is 56.6 Å². The van der Waals surface area contributed by atoms with Crippen molar-refractivity contribution < 1.29 is 13.2 Å². The summed E-state index contributed by atoms with van der Waals surface area (Å²) in [6.07, 6.45) is 8.45. The van der Waals surface area contributed by atoms with Gasteiger partial charge in [0.1, 0.15) is 5.82 Å². The Morgan fingerprint density at radius 2 is 1.86 bits per heavy atom. The number of benzene rings is 2. The number of aromatic nitrogens is 6. The molecule has 0 aliphatic rings. The van der Waals surface area contributed by atoms with E-state index in [9.17, 15) is 18.0 Å². The van der Waals surface area contributed by atoms with Crippen LogP contribution in [0.25, 0.3) is 22.2 Å². The molecular weight excluding hydrogens is 645 g/mol. The number of nitrogens with one attached hydrogen (secondary N) is 2. The molecule has 0 aliphatic heterocycles. The molecule has 0 unspecified atom stereocenters. The highest BCUT2D eigenvalue weighted by Gasteiger charge is 2.23. The Morgan fingerprint density at radius 1 is 1.10 bits per heavy atom. The number of carbonyl (C=O) groups is 1. The maximum atomic E-state index is 14.3. The summed E-state index contributed by atoms with van der Waals surface area (Å²) >= 11 is 0. The molecule has 0 radical (unpaired) electrons. The summed E-state index contributed by atoms with van der Waals surface area (Å²) < 4.78 is 29.0. The second-order valence-electron chi connectivity index (χ2n) is 11.0. The molecule has 1 amide bonds. The van der Waals surface area contributed by atoms with Crippen LogP contribution < -0.4 is 21.3 Å². The van der Waals surface area contributed by atoms with E-state index in [1.165, 1.54) is 23.0 Å². The number of nitrogens with two attached hydrogens (primary N) is 1. The largest absolute Gasteiger partial charge is 0.382 e. The van der Waals surface area contributed by atoms with Gasteiger partial charge in [-0.05, 0) is 56.5 Å². The highest BCUT2D eigenvalue weighted by Crippen LogP contribution is 2.22. The van der Waals surface area contributed by atoms with Crippen molar-refractivity contribution in [1.82, 2.24) is 39.3 Å². The molecule has 5 rings (SSSR count). The number of carbonyl (C=O) groups excluding carboxylic acids is 1. The summed E-state index contributed by atoms with van der Waals surface area (Å²) in [4.78, 5) is 44.9. The molecule has 0 bridgehead atoms. The molecule has 3 heterocycles. The molecule has 3 aromatic heterocycles. The molecule has 4 N–H and O–H groups in total.